The van der Waals surface area contributed by atoms with Gasteiger partial charge in [-0.05, 0) is 18.9 Å². The number of rotatable bonds is 3. The molecule has 2 nitrogen and oxygen atoms in total. The lowest BCUT2D eigenvalue weighted by molar-refractivity contribution is 0.414. The van der Waals surface area contributed by atoms with E-state index < -0.39 is 0 Å². The third-order valence-corrected chi connectivity index (χ3v) is 2.56. The van der Waals surface area contributed by atoms with E-state index in [-0.39, 0.29) is 5.54 Å². The fourth-order valence-electron chi connectivity index (χ4n) is 1.37. The zero-order valence-corrected chi connectivity index (χ0v) is 8.36. The van der Waals surface area contributed by atoms with Gasteiger partial charge in [0, 0.05) is 11.1 Å². The van der Waals surface area contributed by atoms with Gasteiger partial charge >= 0.3 is 0 Å². The van der Waals surface area contributed by atoms with Crippen LogP contribution in [0.3, 0.4) is 0 Å². The number of ether oxygens (including phenoxy) is 1. The molecule has 2 heteroatoms. The summed E-state index contributed by atoms with van der Waals surface area (Å²) in [6, 6.07) is 7.95. The molecule has 0 aromatic heterocycles. The molecule has 2 N–H and O–H groups in total. The molecule has 0 aliphatic heterocycles. The van der Waals surface area contributed by atoms with Crippen molar-refractivity contribution in [3.63, 3.8) is 0 Å². The van der Waals surface area contributed by atoms with Gasteiger partial charge in [0.2, 0.25) is 0 Å². The molecule has 0 heterocycles. The highest BCUT2D eigenvalue weighted by Crippen LogP contribution is 2.34. The maximum Gasteiger partial charge on any atom is 0.126 e. The summed E-state index contributed by atoms with van der Waals surface area (Å²) in [5.41, 5.74) is 7.01. The maximum atomic E-state index is 5.96. The first-order chi connectivity index (χ1) is 6.73. The molecule has 0 saturated heterocycles. The highest BCUT2D eigenvalue weighted by atomic mass is 16.5. The van der Waals surface area contributed by atoms with Crippen molar-refractivity contribution in [1.82, 2.24) is 0 Å². The van der Waals surface area contributed by atoms with Crippen molar-refractivity contribution in [1.29, 1.82) is 0 Å². The van der Waals surface area contributed by atoms with Gasteiger partial charge in [-0.2, -0.15) is 0 Å². The molecular weight excluding hydrogens is 174 g/mol. The van der Waals surface area contributed by atoms with E-state index in [1.807, 2.05) is 30.3 Å². The van der Waals surface area contributed by atoms with Crippen molar-refractivity contribution in [3.05, 3.63) is 35.9 Å². The van der Waals surface area contributed by atoms with Gasteiger partial charge in [-0.3, -0.25) is 0 Å². The number of benzene rings is 1. The average molecular weight is 189 g/mol. The largest absolute Gasteiger partial charge is 0.496 e. The minimum Gasteiger partial charge on any atom is -0.496 e. The summed E-state index contributed by atoms with van der Waals surface area (Å²) in [5.74, 6) is 0.896. The molecule has 0 atom stereocenters. The molecule has 74 valence electrons. The second kappa shape index (κ2) is 3.46. The number of methoxy groups -OCH3 is 1. The lowest BCUT2D eigenvalue weighted by Crippen LogP contribution is -2.17. The Morgan fingerprint density at radius 1 is 1.36 bits per heavy atom. The third-order valence-electron chi connectivity index (χ3n) is 2.56. The lowest BCUT2D eigenvalue weighted by Gasteiger charge is -2.04. The van der Waals surface area contributed by atoms with Crippen LogP contribution in [0.4, 0.5) is 0 Å². The van der Waals surface area contributed by atoms with Crippen LogP contribution in [0.5, 0.6) is 5.75 Å². The van der Waals surface area contributed by atoms with E-state index in [2.05, 4.69) is 6.08 Å². The zero-order chi connectivity index (χ0) is 10.0. The van der Waals surface area contributed by atoms with E-state index in [0.29, 0.717) is 0 Å². The van der Waals surface area contributed by atoms with Crippen LogP contribution >= 0.6 is 0 Å². The van der Waals surface area contributed by atoms with Crippen LogP contribution in [0.2, 0.25) is 0 Å². The van der Waals surface area contributed by atoms with Crippen LogP contribution in [0.15, 0.2) is 30.3 Å². The lowest BCUT2D eigenvalue weighted by atomic mass is 10.1. The predicted molar refractivity (Wildman–Crippen MR) is 58.2 cm³/mol. The van der Waals surface area contributed by atoms with Crippen LogP contribution in [0.25, 0.3) is 6.08 Å². The average Bonchev–Trinajstić information content (AvgIpc) is 2.95. The van der Waals surface area contributed by atoms with Crippen LogP contribution in [-0.4, -0.2) is 12.6 Å². The summed E-state index contributed by atoms with van der Waals surface area (Å²) in [7, 11) is 1.68. The van der Waals surface area contributed by atoms with Crippen molar-refractivity contribution >= 4 is 6.08 Å². The Kier molecular flexibility index (Phi) is 2.30. The number of nitrogens with two attached hydrogens (primary N) is 1. The highest BCUT2D eigenvalue weighted by Gasteiger charge is 2.34. The Morgan fingerprint density at radius 2 is 2.07 bits per heavy atom. The van der Waals surface area contributed by atoms with Gasteiger partial charge in [0.1, 0.15) is 5.75 Å². The van der Waals surface area contributed by atoms with Crippen molar-refractivity contribution in [2.45, 2.75) is 18.4 Å². The first kappa shape index (κ1) is 9.28. The molecule has 0 bridgehead atoms. The van der Waals surface area contributed by atoms with Gasteiger partial charge < -0.3 is 10.5 Å². The van der Waals surface area contributed by atoms with E-state index >= 15 is 0 Å². The van der Waals surface area contributed by atoms with Crippen LogP contribution in [0.1, 0.15) is 18.4 Å². The number of hydrogen-bond acceptors (Lipinski definition) is 2. The summed E-state index contributed by atoms with van der Waals surface area (Å²) < 4.78 is 5.24. The van der Waals surface area contributed by atoms with Gasteiger partial charge in [0.25, 0.3) is 0 Å². The molecule has 0 unspecified atom stereocenters. The molecule has 1 aromatic rings. The van der Waals surface area contributed by atoms with Crippen LogP contribution < -0.4 is 10.5 Å². The molecule has 1 saturated carbocycles. The fraction of sp³-hybridized carbons (Fsp3) is 0.333. The van der Waals surface area contributed by atoms with Gasteiger partial charge in [0.15, 0.2) is 0 Å². The molecule has 0 spiro atoms. The molecular formula is C12H15NO. The topological polar surface area (TPSA) is 35.2 Å². The molecule has 1 fully saturated rings. The van der Waals surface area contributed by atoms with Gasteiger partial charge in [-0.1, -0.05) is 30.4 Å². The number of hydrogen-bond donors (Lipinski definition) is 1. The zero-order valence-electron chi connectivity index (χ0n) is 8.36. The SMILES string of the molecule is COc1ccccc1/C=C/C1(N)CC1. The van der Waals surface area contributed by atoms with E-state index in [0.717, 1.165) is 24.2 Å². The normalized spacial score (nSPS) is 18.4. The summed E-state index contributed by atoms with van der Waals surface area (Å²) in [6.07, 6.45) is 6.31. The standard InChI is InChI=1S/C12H15NO/c1-14-11-5-3-2-4-10(11)6-7-12(13)8-9-12/h2-7H,8-9,13H2,1H3/b7-6+. The van der Waals surface area contributed by atoms with Crippen LogP contribution in [0, 0.1) is 0 Å². The van der Waals surface area contributed by atoms with Crippen LogP contribution in [-0.2, 0) is 0 Å². The minimum atomic E-state index is -0.0408. The summed E-state index contributed by atoms with van der Waals surface area (Å²) in [5, 5.41) is 0. The third kappa shape index (κ3) is 1.96. The quantitative estimate of drug-likeness (QED) is 0.791. The highest BCUT2D eigenvalue weighted by molar-refractivity contribution is 5.58. The van der Waals surface area contributed by atoms with E-state index in [1.54, 1.807) is 7.11 Å². The molecule has 1 aliphatic carbocycles. The molecule has 1 aliphatic rings. The second-order valence-electron chi connectivity index (χ2n) is 3.81. The van der Waals surface area contributed by atoms with Crippen molar-refractivity contribution in [2.24, 2.45) is 5.73 Å². The summed E-state index contributed by atoms with van der Waals surface area (Å²) in [6.45, 7) is 0. The summed E-state index contributed by atoms with van der Waals surface area (Å²) in [4.78, 5) is 0. The Labute approximate surface area is 84.4 Å². The second-order valence-corrected chi connectivity index (χ2v) is 3.81. The Bertz CT molecular complexity index is 353. The van der Waals surface area contributed by atoms with E-state index in [1.165, 1.54) is 0 Å². The molecule has 14 heavy (non-hydrogen) atoms. The maximum absolute atomic E-state index is 5.96. The Balaban J connectivity index is 2.19. The first-order valence-corrected chi connectivity index (χ1v) is 4.85. The first-order valence-electron chi connectivity index (χ1n) is 4.85. The summed E-state index contributed by atoms with van der Waals surface area (Å²) >= 11 is 0. The van der Waals surface area contributed by atoms with Gasteiger partial charge in [-0.15, -0.1) is 0 Å². The number of para-hydroxylation sites is 1. The van der Waals surface area contributed by atoms with E-state index in [4.69, 9.17) is 10.5 Å². The predicted octanol–water partition coefficient (Wildman–Crippen LogP) is 2.20. The molecule has 1 aromatic carbocycles. The fourth-order valence-corrected chi connectivity index (χ4v) is 1.37. The van der Waals surface area contributed by atoms with Crippen molar-refractivity contribution in [3.8, 4) is 5.75 Å². The van der Waals surface area contributed by atoms with Gasteiger partial charge in [-0.25, -0.2) is 0 Å². The molecule has 0 radical (unpaired) electrons. The van der Waals surface area contributed by atoms with Crippen molar-refractivity contribution in [2.75, 3.05) is 7.11 Å². The Morgan fingerprint density at radius 3 is 2.71 bits per heavy atom. The smallest absolute Gasteiger partial charge is 0.126 e. The van der Waals surface area contributed by atoms with E-state index in [9.17, 15) is 0 Å². The minimum absolute atomic E-state index is 0.0408. The monoisotopic (exact) mass is 189 g/mol. The Hall–Kier alpha value is -1.28. The van der Waals surface area contributed by atoms with Gasteiger partial charge in [0.05, 0.1) is 7.11 Å². The molecule has 2 rings (SSSR count). The molecule has 0 amide bonds. The van der Waals surface area contributed by atoms with Crippen molar-refractivity contribution < 1.29 is 4.74 Å².